The van der Waals surface area contributed by atoms with Crippen LogP contribution in [0.5, 0.6) is 0 Å². The van der Waals surface area contributed by atoms with E-state index in [0.29, 0.717) is 6.54 Å². The molecule has 1 N–H and O–H groups in total. The highest BCUT2D eigenvalue weighted by molar-refractivity contribution is 7.90. The fourth-order valence-corrected chi connectivity index (χ4v) is 4.21. The van der Waals surface area contributed by atoms with Crippen LogP contribution in [0.3, 0.4) is 0 Å². The molecule has 0 radical (unpaired) electrons. The van der Waals surface area contributed by atoms with Crippen LogP contribution >= 0.6 is 0 Å². The summed E-state index contributed by atoms with van der Waals surface area (Å²) >= 11 is 0. The monoisotopic (exact) mass is 381 g/mol. The van der Waals surface area contributed by atoms with E-state index >= 15 is 0 Å². The zero-order valence-electron chi connectivity index (χ0n) is 14.8. The van der Waals surface area contributed by atoms with E-state index in [4.69, 9.17) is 0 Å². The molecule has 7 heteroatoms. The third-order valence-corrected chi connectivity index (χ3v) is 5.87. The molecule has 0 aliphatic carbocycles. The molecule has 2 aromatic carbocycles. The van der Waals surface area contributed by atoms with Gasteiger partial charge in [0.2, 0.25) is 0 Å². The van der Waals surface area contributed by atoms with Gasteiger partial charge >= 0.3 is 0 Å². The molecule has 2 aliphatic rings. The van der Waals surface area contributed by atoms with Crippen molar-refractivity contribution >= 4 is 32.5 Å². The Morgan fingerprint density at radius 2 is 1.96 bits per heavy atom. The Morgan fingerprint density at radius 1 is 1.19 bits per heavy atom. The molecule has 0 bridgehead atoms. The predicted molar refractivity (Wildman–Crippen MR) is 106 cm³/mol. The highest BCUT2D eigenvalue weighted by Crippen LogP contribution is 2.22. The summed E-state index contributed by atoms with van der Waals surface area (Å²) in [6.45, 7) is 2.20. The van der Waals surface area contributed by atoms with Crippen molar-refractivity contribution in [1.29, 1.82) is 0 Å². The number of amidine groups is 1. The lowest BCUT2D eigenvalue weighted by Gasteiger charge is -2.29. The van der Waals surface area contributed by atoms with Gasteiger partial charge in [0.1, 0.15) is 0 Å². The predicted octanol–water partition coefficient (Wildman–Crippen LogP) is 2.51. The van der Waals surface area contributed by atoms with Crippen molar-refractivity contribution in [3.05, 3.63) is 72.0 Å². The number of carbonyl (C=O) groups excluding carboxylic acids is 1. The van der Waals surface area contributed by atoms with Crippen molar-refractivity contribution in [2.45, 2.75) is 13.0 Å². The molecular weight excluding hydrogens is 362 g/mol. The molecule has 138 valence electrons. The van der Waals surface area contributed by atoms with Gasteiger partial charge in [0.05, 0.1) is 17.4 Å². The summed E-state index contributed by atoms with van der Waals surface area (Å²) < 4.78 is 27.5. The van der Waals surface area contributed by atoms with Crippen LogP contribution in [0.2, 0.25) is 0 Å². The van der Waals surface area contributed by atoms with Crippen LogP contribution in [-0.4, -0.2) is 37.4 Å². The number of amides is 1. The minimum atomic E-state index is -3.53. The van der Waals surface area contributed by atoms with E-state index in [9.17, 15) is 13.2 Å². The lowest BCUT2D eigenvalue weighted by molar-refractivity contribution is -0.117. The van der Waals surface area contributed by atoms with E-state index in [2.05, 4.69) is 9.71 Å². The second-order valence-electron chi connectivity index (χ2n) is 6.62. The third kappa shape index (κ3) is 3.50. The molecule has 0 saturated heterocycles. The van der Waals surface area contributed by atoms with Crippen molar-refractivity contribution in [2.24, 2.45) is 4.40 Å². The summed E-state index contributed by atoms with van der Waals surface area (Å²) in [5, 5.41) is 5.19. The minimum Gasteiger partial charge on any atom is -0.345 e. The van der Waals surface area contributed by atoms with Crippen LogP contribution in [0.4, 0.5) is 0 Å². The molecule has 0 spiro atoms. The van der Waals surface area contributed by atoms with Gasteiger partial charge in [0.25, 0.3) is 15.9 Å². The normalized spacial score (nSPS) is 19.1. The summed E-state index contributed by atoms with van der Waals surface area (Å²) in [7, 11) is -3.53. The first-order valence-corrected chi connectivity index (χ1v) is 10.3. The van der Waals surface area contributed by atoms with Crippen molar-refractivity contribution in [1.82, 2.24) is 10.2 Å². The van der Waals surface area contributed by atoms with Crippen LogP contribution in [0, 0.1) is 0 Å². The zero-order chi connectivity index (χ0) is 19.0. The van der Waals surface area contributed by atoms with Gasteiger partial charge in [-0.05, 0) is 41.5 Å². The average Bonchev–Trinajstić information content (AvgIpc) is 2.66. The summed E-state index contributed by atoms with van der Waals surface area (Å²) in [4.78, 5) is 14.5. The number of nitrogens with one attached hydrogen (secondary N) is 1. The van der Waals surface area contributed by atoms with E-state index in [0.717, 1.165) is 16.3 Å². The SMILES string of the molecule is CC(NC(=O)C1=CC=CN2CCS(=O)(=O)N=C12)c1ccc2ccccc2c1. The smallest absolute Gasteiger partial charge is 0.256 e. The van der Waals surface area contributed by atoms with Gasteiger partial charge in [0.15, 0.2) is 5.84 Å². The number of rotatable bonds is 3. The number of fused-ring (bicyclic) bond motifs is 2. The number of sulfonamides is 1. The Balaban J connectivity index is 1.58. The Hall–Kier alpha value is -2.93. The molecule has 6 nitrogen and oxygen atoms in total. The average molecular weight is 381 g/mol. The summed E-state index contributed by atoms with van der Waals surface area (Å²) in [6.07, 6.45) is 5.06. The molecule has 1 amide bonds. The van der Waals surface area contributed by atoms with Crippen molar-refractivity contribution < 1.29 is 13.2 Å². The van der Waals surface area contributed by atoms with Crippen molar-refractivity contribution in [3.63, 3.8) is 0 Å². The highest BCUT2D eigenvalue weighted by atomic mass is 32.2. The fraction of sp³-hybridized carbons (Fsp3) is 0.200. The Kier molecular flexibility index (Phi) is 4.31. The van der Waals surface area contributed by atoms with Gasteiger partial charge < -0.3 is 10.2 Å². The van der Waals surface area contributed by atoms with Gasteiger partial charge in [-0.3, -0.25) is 4.79 Å². The molecule has 1 unspecified atom stereocenters. The lowest BCUT2D eigenvalue weighted by atomic mass is 10.0. The minimum absolute atomic E-state index is 0.0523. The van der Waals surface area contributed by atoms with E-state index in [1.54, 1.807) is 23.3 Å². The van der Waals surface area contributed by atoms with E-state index in [1.807, 2.05) is 49.4 Å². The van der Waals surface area contributed by atoms with Crippen LogP contribution in [-0.2, 0) is 14.8 Å². The maximum absolute atomic E-state index is 12.8. The number of benzene rings is 2. The van der Waals surface area contributed by atoms with Crippen LogP contribution in [0.1, 0.15) is 18.5 Å². The maximum Gasteiger partial charge on any atom is 0.256 e. The quantitative estimate of drug-likeness (QED) is 0.886. The van der Waals surface area contributed by atoms with Crippen molar-refractivity contribution in [3.8, 4) is 0 Å². The van der Waals surface area contributed by atoms with Gasteiger partial charge in [-0.1, -0.05) is 36.4 Å². The van der Waals surface area contributed by atoms with Crippen molar-refractivity contribution in [2.75, 3.05) is 12.3 Å². The number of hydrogen-bond donors (Lipinski definition) is 1. The molecule has 2 aliphatic heterocycles. The zero-order valence-corrected chi connectivity index (χ0v) is 15.6. The number of hydrogen-bond acceptors (Lipinski definition) is 4. The van der Waals surface area contributed by atoms with E-state index < -0.39 is 10.0 Å². The molecule has 1 atom stereocenters. The maximum atomic E-state index is 12.8. The molecule has 4 rings (SSSR count). The van der Waals surface area contributed by atoms with Gasteiger partial charge in [-0.15, -0.1) is 4.40 Å². The van der Waals surface area contributed by atoms with E-state index in [1.165, 1.54) is 0 Å². The summed E-state index contributed by atoms with van der Waals surface area (Å²) in [5.41, 5.74) is 1.23. The molecule has 0 fully saturated rings. The topological polar surface area (TPSA) is 78.8 Å². The highest BCUT2D eigenvalue weighted by Gasteiger charge is 2.30. The number of allylic oxidation sites excluding steroid dienone is 2. The Labute approximate surface area is 157 Å². The third-order valence-electron chi connectivity index (χ3n) is 4.72. The lowest BCUT2D eigenvalue weighted by Crippen LogP contribution is -2.42. The number of carbonyl (C=O) groups is 1. The largest absolute Gasteiger partial charge is 0.345 e. The van der Waals surface area contributed by atoms with Gasteiger partial charge in [-0.25, -0.2) is 8.42 Å². The molecule has 27 heavy (non-hydrogen) atoms. The summed E-state index contributed by atoms with van der Waals surface area (Å²) in [6, 6.07) is 13.9. The van der Waals surface area contributed by atoms with Crippen LogP contribution in [0.15, 0.2) is 70.8 Å². The Bertz CT molecular complexity index is 1120. The molecule has 0 saturated carbocycles. The molecule has 2 aromatic rings. The van der Waals surface area contributed by atoms with Crippen LogP contribution in [0.25, 0.3) is 10.8 Å². The first-order chi connectivity index (χ1) is 12.9. The first-order valence-electron chi connectivity index (χ1n) is 8.71. The fourth-order valence-electron chi connectivity index (χ4n) is 3.23. The second-order valence-corrected chi connectivity index (χ2v) is 8.37. The summed E-state index contributed by atoms with van der Waals surface area (Å²) in [5.74, 6) is -0.212. The second kappa shape index (κ2) is 6.66. The molecule has 0 aromatic heterocycles. The Morgan fingerprint density at radius 3 is 2.78 bits per heavy atom. The first kappa shape index (κ1) is 17.5. The molecule has 2 heterocycles. The number of nitrogens with zero attached hydrogens (tertiary/aromatic N) is 2. The van der Waals surface area contributed by atoms with Crippen LogP contribution < -0.4 is 5.32 Å². The van der Waals surface area contributed by atoms with E-state index in [-0.39, 0.29) is 29.1 Å². The molecular formula is C20H19N3O3S. The standard InChI is InChI=1S/C20H19N3O3S/c1-14(16-9-8-15-5-2-3-6-17(15)13-16)21-20(24)18-7-4-10-23-11-12-27(25,26)22-19(18)23/h2-10,13-14H,11-12H2,1H3,(H,21,24). The van der Waals surface area contributed by atoms with Gasteiger partial charge in [-0.2, -0.15) is 0 Å². The van der Waals surface area contributed by atoms with Gasteiger partial charge in [0, 0.05) is 12.7 Å².